The molecule has 0 aliphatic carbocycles. The van der Waals surface area contributed by atoms with E-state index in [1.54, 1.807) is 12.1 Å². The van der Waals surface area contributed by atoms with Crippen molar-refractivity contribution >= 4 is 23.2 Å². The van der Waals surface area contributed by atoms with Gasteiger partial charge in [0.05, 0.1) is 0 Å². The molecule has 0 spiro atoms. The Morgan fingerprint density at radius 1 is 1.05 bits per heavy atom. The van der Waals surface area contributed by atoms with Gasteiger partial charge in [-0.15, -0.1) is 0 Å². The number of aryl methyl sites for hydroxylation is 1. The van der Waals surface area contributed by atoms with Gasteiger partial charge in [0.15, 0.2) is 0 Å². The molecule has 0 aliphatic rings. The van der Waals surface area contributed by atoms with Crippen molar-refractivity contribution in [2.75, 3.05) is 0 Å². The highest BCUT2D eigenvalue weighted by Crippen LogP contribution is 2.24. The molecule has 0 heterocycles. The predicted octanol–water partition coefficient (Wildman–Crippen LogP) is 4.34. The maximum atomic E-state index is 6.11. The fourth-order valence-corrected chi connectivity index (χ4v) is 2.27. The zero-order chi connectivity index (χ0) is 13.8. The zero-order valence-corrected chi connectivity index (χ0v) is 12.1. The lowest BCUT2D eigenvalue weighted by atomic mass is 10.1. The standard InChI is InChI=1S/C15H15Cl2NO/c1-10-2-5-15(12(6-10)8-18)19-9-11-3-4-13(16)7-14(11)17/h2-7H,8-9,18H2,1H3. The molecule has 2 aromatic carbocycles. The maximum Gasteiger partial charge on any atom is 0.124 e. The summed E-state index contributed by atoms with van der Waals surface area (Å²) in [6.45, 7) is 2.87. The first-order chi connectivity index (χ1) is 9.10. The number of halogens is 2. The van der Waals surface area contributed by atoms with Crippen molar-refractivity contribution in [1.29, 1.82) is 0 Å². The van der Waals surface area contributed by atoms with Gasteiger partial charge in [-0.2, -0.15) is 0 Å². The molecule has 0 saturated heterocycles. The van der Waals surface area contributed by atoms with Crippen LogP contribution in [0.15, 0.2) is 36.4 Å². The second-order valence-electron chi connectivity index (χ2n) is 4.34. The lowest BCUT2D eigenvalue weighted by Crippen LogP contribution is -2.03. The maximum absolute atomic E-state index is 6.11. The number of ether oxygens (including phenoxy) is 1. The summed E-state index contributed by atoms with van der Waals surface area (Å²) in [4.78, 5) is 0. The minimum atomic E-state index is 0.395. The Bertz CT molecular complexity index is 584. The first kappa shape index (κ1) is 14.2. The summed E-state index contributed by atoms with van der Waals surface area (Å²) in [5.74, 6) is 0.791. The van der Waals surface area contributed by atoms with Gasteiger partial charge in [0.2, 0.25) is 0 Å². The van der Waals surface area contributed by atoms with E-state index in [2.05, 4.69) is 0 Å². The van der Waals surface area contributed by atoms with E-state index in [1.165, 1.54) is 0 Å². The summed E-state index contributed by atoms with van der Waals surface area (Å²) in [7, 11) is 0. The number of hydrogen-bond acceptors (Lipinski definition) is 2. The molecule has 100 valence electrons. The molecule has 0 unspecified atom stereocenters. The lowest BCUT2D eigenvalue weighted by molar-refractivity contribution is 0.303. The van der Waals surface area contributed by atoms with Crippen molar-refractivity contribution in [3.63, 3.8) is 0 Å². The number of rotatable bonds is 4. The molecular formula is C15H15Cl2NO. The summed E-state index contributed by atoms with van der Waals surface area (Å²) < 4.78 is 5.78. The molecule has 0 amide bonds. The van der Waals surface area contributed by atoms with Gasteiger partial charge in [-0.25, -0.2) is 0 Å². The fraction of sp³-hybridized carbons (Fsp3) is 0.200. The highest BCUT2D eigenvalue weighted by atomic mass is 35.5. The molecule has 0 fully saturated rings. The smallest absolute Gasteiger partial charge is 0.124 e. The molecule has 2 aromatic rings. The van der Waals surface area contributed by atoms with Crippen LogP contribution >= 0.6 is 23.2 Å². The molecule has 0 aliphatic heterocycles. The summed E-state index contributed by atoms with van der Waals surface area (Å²) >= 11 is 12.0. The van der Waals surface area contributed by atoms with E-state index < -0.39 is 0 Å². The molecule has 0 atom stereocenters. The molecule has 0 radical (unpaired) electrons. The average Bonchev–Trinajstić information content (AvgIpc) is 2.39. The first-order valence-electron chi connectivity index (χ1n) is 5.96. The van der Waals surface area contributed by atoms with Gasteiger partial charge in [-0.3, -0.25) is 0 Å². The van der Waals surface area contributed by atoms with Gasteiger partial charge < -0.3 is 10.5 Å². The third kappa shape index (κ3) is 3.63. The van der Waals surface area contributed by atoms with E-state index in [9.17, 15) is 0 Å². The van der Waals surface area contributed by atoms with Crippen LogP contribution in [0.2, 0.25) is 10.0 Å². The monoisotopic (exact) mass is 295 g/mol. The lowest BCUT2D eigenvalue weighted by Gasteiger charge is -2.12. The van der Waals surface area contributed by atoms with Gasteiger partial charge in [0, 0.05) is 27.7 Å². The summed E-state index contributed by atoms with van der Waals surface area (Å²) in [5, 5.41) is 1.22. The molecule has 0 saturated carbocycles. The van der Waals surface area contributed by atoms with Crippen LogP contribution in [0.1, 0.15) is 16.7 Å². The van der Waals surface area contributed by atoms with Crippen LogP contribution in [0.3, 0.4) is 0 Å². The third-order valence-electron chi connectivity index (χ3n) is 2.83. The first-order valence-corrected chi connectivity index (χ1v) is 6.72. The molecular weight excluding hydrogens is 281 g/mol. The third-order valence-corrected chi connectivity index (χ3v) is 3.42. The van der Waals surface area contributed by atoms with Crippen molar-refractivity contribution in [3.05, 3.63) is 63.1 Å². The highest BCUT2D eigenvalue weighted by Gasteiger charge is 2.06. The molecule has 4 heteroatoms. The molecule has 2 rings (SSSR count). The number of nitrogens with two attached hydrogens (primary N) is 1. The van der Waals surface area contributed by atoms with E-state index in [0.717, 1.165) is 22.4 Å². The van der Waals surface area contributed by atoms with Gasteiger partial charge in [0.25, 0.3) is 0 Å². The Hall–Kier alpha value is -1.22. The van der Waals surface area contributed by atoms with E-state index >= 15 is 0 Å². The van der Waals surface area contributed by atoms with Gasteiger partial charge in [-0.1, -0.05) is 47.0 Å². The molecule has 0 aromatic heterocycles. The summed E-state index contributed by atoms with van der Waals surface area (Å²) in [6.07, 6.45) is 0. The summed E-state index contributed by atoms with van der Waals surface area (Å²) in [6, 6.07) is 11.3. The Labute approximate surface area is 123 Å². The van der Waals surface area contributed by atoms with Gasteiger partial charge >= 0.3 is 0 Å². The minimum absolute atomic E-state index is 0.395. The molecule has 0 bridgehead atoms. The Morgan fingerprint density at radius 2 is 1.84 bits per heavy atom. The SMILES string of the molecule is Cc1ccc(OCc2ccc(Cl)cc2Cl)c(CN)c1. The van der Waals surface area contributed by atoms with Crippen LogP contribution in [0.25, 0.3) is 0 Å². The Balaban J connectivity index is 2.14. The van der Waals surface area contributed by atoms with E-state index in [0.29, 0.717) is 23.2 Å². The topological polar surface area (TPSA) is 35.2 Å². The Morgan fingerprint density at radius 3 is 2.53 bits per heavy atom. The van der Waals surface area contributed by atoms with Gasteiger partial charge in [-0.05, 0) is 25.1 Å². The van der Waals surface area contributed by atoms with Crippen LogP contribution in [-0.2, 0) is 13.2 Å². The van der Waals surface area contributed by atoms with Crippen LogP contribution in [0, 0.1) is 6.92 Å². The molecule has 2 nitrogen and oxygen atoms in total. The normalized spacial score (nSPS) is 10.5. The van der Waals surface area contributed by atoms with Crippen molar-refractivity contribution in [2.24, 2.45) is 5.73 Å². The zero-order valence-electron chi connectivity index (χ0n) is 10.6. The van der Waals surface area contributed by atoms with Crippen LogP contribution in [0.5, 0.6) is 5.75 Å². The highest BCUT2D eigenvalue weighted by molar-refractivity contribution is 6.35. The number of hydrogen-bond donors (Lipinski definition) is 1. The van der Waals surface area contributed by atoms with Crippen LogP contribution in [-0.4, -0.2) is 0 Å². The van der Waals surface area contributed by atoms with Crippen LogP contribution < -0.4 is 10.5 Å². The fourth-order valence-electron chi connectivity index (χ4n) is 1.80. The van der Waals surface area contributed by atoms with Crippen molar-refractivity contribution < 1.29 is 4.74 Å². The predicted molar refractivity (Wildman–Crippen MR) is 79.9 cm³/mol. The second kappa shape index (κ2) is 6.29. The van der Waals surface area contributed by atoms with Crippen molar-refractivity contribution in [3.8, 4) is 5.75 Å². The number of benzene rings is 2. The average molecular weight is 296 g/mol. The minimum Gasteiger partial charge on any atom is -0.489 e. The van der Waals surface area contributed by atoms with E-state index in [4.69, 9.17) is 33.7 Å². The van der Waals surface area contributed by atoms with Gasteiger partial charge in [0.1, 0.15) is 12.4 Å². The second-order valence-corrected chi connectivity index (χ2v) is 5.18. The summed E-state index contributed by atoms with van der Waals surface area (Å²) in [5.41, 5.74) is 8.77. The quantitative estimate of drug-likeness (QED) is 0.911. The molecule has 2 N–H and O–H groups in total. The van der Waals surface area contributed by atoms with Crippen molar-refractivity contribution in [1.82, 2.24) is 0 Å². The van der Waals surface area contributed by atoms with Crippen molar-refractivity contribution in [2.45, 2.75) is 20.1 Å². The van der Waals surface area contributed by atoms with E-state index in [1.807, 2.05) is 31.2 Å². The van der Waals surface area contributed by atoms with Crippen LogP contribution in [0.4, 0.5) is 0 Å². The Kier molecular flexibility index (Phi) is 4.70. The molecule has 19 heavy (non-hydrogen) atoms. The van der Waals surface area contributed by atoms with E-state index in [-0.39, 0.29) is 0 Å². The largest absolute Gasteiger partial charge is 0.489 e.